The van der Waals surface area contributed by atoms with Gasteiger partial charge in [-0.15, -0.1) is 0 Å². The Morgan fingerprint density at radius 2 is 1.57 bits per heavy atom. The molecule has 0 amide bonds. The molecule has 21 heavy (non-hydrogen) atoms. The number of nitrogens with zero attached hydrogens (tertiary/aromatic N) is 2. The van der Waals surface area contributed by atoms with Gasteiger partial charge in [-0.05, 0) is 34.4 Å². The Labute approximate surface area is 125 Å². The SMILES string of the molecule is Cn1c(=O)n(C)c2cc(C(N)C3C(C)(C)C3(C)C)ccc21. The summed E-state index contributed by atoms with van der Waals surface area (Å²) in [5, 5.41) is 0. The molecule has 1 aromatic carbocycles. The molecule has 0 spiro atoms. The summed E-state index contributed by atoms with van der Waals surface area (Å²) in [5.74, 6) is 0.461. The van der Waals surface area contributed by atoms with Crippen molar-refractivity contribution in [2.45, 2.75) is 33.7 Å². The number of rotatable bonds is 2. The van der Waals surface area contributed by atoms with Crippen LogP contribution in [0.3, 0.4) is 0 Å². The van der Waals surface area contributed by atoms with Gasteiger partial charge in [-0.25, -0.2) is 4.79 Å². The molecule has 3 rings (SSSR count). The molecule has 114 valence electrons. The number of hydrogen-bond acceptors (Lipinski definition) is 2. The maximum atomic E-state index is 12.0. The van der Waals surface area contributed by atoms with Gasteiger partial charge >= 0.3 is 5.69 Å². The lowest BCUT2D eigenvalue weighted by atomic mass is 9.97. The molecule has 1 atom stereocenters. The number of aryl methyl sites for hydroxylation is 2. The molecule has 4 nitrogen and oxygen atoms in total. The van der Waals surface area contributed by atoms with Crippen molar-refractivity contribution in [3.8, 4) is 0 Å². The summed E-state index contributed by atoms with van der Waals surface area (Å²) in [7, 11) is 3.61. The fraction of sp³-hybridized carbons (Fsp3) is 0.588. The van der Waals surface area contributed by atoms with Gasteiger partial charge in [0, 0.05) is 20.1 Å². The van der Waals surface area contributed by atoms with E-state index in [1.54, 1.807) is 16.2 Å². The highest BCUT2D eigenvalue weighted by Crippen LogP contribution is 2.71. The van der Waals surface area contributed by atoms with Crippen LogP contribution in [-0.2, 0) is 14.1 Å². The van der Waals surface area contributed by atoms with Gasteiger partial charge in [-0.3, -0.25) is 9.13 Å². The third kappa shape index (κ3) is 1.68. The van der Waals surface area contributed by atoms with Crippen molar-refractivity contribution in [1.82, 2.24) is 9.13 Å². The molecule has 0 radical (unpaired) electrons. The zero-order valence-corrected chi connectivity index (χ0v) is 13.8. The number of aromatic nitrogens is 2. The molecule has 1 aliphatic carbocycles. The van der Waals surface area contributed by atoms with Crippen LogP contribution >= 0.6 is 0 Å². The standard InChI is InChI=1S/C17H25N3O/c1-16(2)14(17(16,3)4)13(18)10-7-8-11-12(9-10)20(6)15(21)19(11)5/h7-9,13-14H,18H2,1-6H3. The fourth-order valence-corrected chi connectivity index (χ4v) is 4.07. The topological polar surface area (TPSA) is 53.0 Å². The van der Waals surface area contributed by atoms with Gasteiger partial charge < -0.3 is 5.73 Å². The van der Waals surface area contributed by atoms with Crippen molar-refractivity contribution in [3.63, 3.8) is 0 Å². The molecule has 1 fully saturated rings. The van der Waals surface area contributed by atoms with E-state index in [0.717, 1.165) is 16.6 Å². The van der Waals surface area contributed by atoms with Crippen molar-refractivity contribution in [2.75, 3.05) is 0 Å². The minimum absolute atomic E-state index is 0.00260. The van der Waals surface area contributed by atoms with E-state index < -0.39 is 0 Å². The van der Waals surface area contributed by atoms with Gasteiger partial charge in [-0.1, -0.05) is 33.8 Å². The Bertz CT molecular complexity index is 765. The van der Waals surface area contributed by atoms with Gasteiger partial charge in [0.1, 0.15) is 0 Å². The Kier molecular flexibility index (Phi) is 2.74. The van der Waals surface area contributed by atoms with Crippen molar-refractivity contribution < 1.29 is 0 Å². The molecule has 1 aliphatic rings. The lowest BCUT2D eigenvalue weighted by Crippen LogP contribution is -2.19. The van der Waals surface area contributed by atoms with Crippen LogP contribution in [0.5, 0.6) is 0 Å². The van der Waals surface area contributed by atoms with Gasteiger partial charge in [-0.2, -0.15) is 0 Å². The summed E-state index contributed by atoms with van der Waals surface area (Å²) in [6.07, 6.45) is 0. The summed E-state index contributed by atoms with van der Waals surface area (Å²) in [6.45, 7) is 9.14. The number of fused-ring (bicyclic) bond motifs is 1. The second-order valence-corrected chi connectivity index (χ2v) is 7.60. The van der Waals surface area contributed by atoms with Crippen molar-refractivity contribution >= 4 is 11.0 Å². The summed E-state index contributed by atoms with van der Waals surface area (Å²) >= 11 is 0. The van der Waals surface area contributed by atoms with Crippen LogP contribution in [0.15, 0.2) is 23.0 Å². The summed E-state index contributed by atoms with van der Waals surface area (Å²) in [5.41, 5.74) is 10.1. The van der Waals surface area contributed by atoms with Gasteiger partial charge in [0.05, 0.1) is 11.0 Å². The molecule has 0 bridgehead atoms. The summed E-state index contributed by atoms with van der Waals surface area (Å²) < 4.78 is 3.37. The average Bonchev–Trinajstić information content (AvgIpc) is 2.73. The third-order valence-corrected chi connectivity index (χ3v) is 6.17. The second kappa shape index (κ2) is 4.01. The quantitative estimate of drug-likeness (QED) is 0.923. The lowest BCUT2D eigenvalue weighted by molar-refractivity contribution is 0.457. The highest BCUT2D eigenvalue weighted by molar-refractivity contribution is 5.77. The zero-order chi connectivity index (χ0) is 15.7. The molecule has 0 aliphatic heterocycles. The maximum Gasteiger partial charge on any atom is 0.328 e. The van der Waals surface area contributed by atoms with Crippen molar-refractivity contribution in [3.05, 3.63) is 34.2 Å². The number of imidazole rings is 1. The molecule has 1 aromatic heterocycles. The van der Waals surface area contributed by atoms with Crippen LogP contribution in [0.2, 0.25) is 0 Å². The lowest BCUT2D eigenvalue weighted by Gasteiger charge is -2.15. The average molecular weight is 287 g/mol. The number of hydrogen-bond donors (Lipinski definition) is 1. The second-order valence-electron chi connectivity index (χ2n) is 7.60. The van der Waals surface area contributed by atoms with Crippen LogP contribution in [0.4, 0.5) is 0 Å². The van der Waals surface area contributed by atoms with E-state index in [1.165, 1.54) is 0 Å². The molecular formula is C17H25N3O. The largest absolute Gasteiger partial charge is 0.328 e. The zero-order valence-electron chi connectivity index (χ0n) is 13.8. The van der Waals surface area contributed by atoms with E-state index in [4.69, 9.17) is 5.73 Å². The van der Waals surface area contributed by atoms with Gasteiger partial charge in [0.15, 0.2) is 0 Å². The van der Waals surface area contributed by atoms with E-state index in [0.29, 0.717) is 5.92 Å². The highest BCUT2D eigenvalue weighted by Gasteiger charge is 2.66. The van der Waals surface area contributed by atoms with E-state index in [1.807, 2.05) is 13.1 Å². The van der Waals surface area contributed by atoms with E-state index in [9.17, 15) is 4.79 Å². The minimum Gasteiger partial charge on any atom is -0.324 e. The van der Waals surface area contributed by atoms with E-state index in [2.05, 4.69) is 39.8 Å². The van der Waals surface area contributed by atoms with Crippen LogP contribution in [0, 0.1) is 16.7 Å². The molecular weight excluding hydrogens is 262 g/mol. The van der Waals surface area contributed by atoms with Crippen LogP contribution in [0.1, 0.15) is 39.3 Å². The first-order valence-electron chi connectivity index (χ1n) is 7.51. The molecule has 4 heteroatoms. The summed E-state index contributed by atoms with van der Waals surface area (Å²) in [4.78, 5) is 12.0. The first-order chi connectivity index (χ1) is 9.60. The van der Waals surface area contributed by atoms with Crippen molar-refractivity contribution in [1.29, 1.82) is 0 Å². The smallest absolute Gasteiger partial charge is 0.324 e. The number of benzene rings is 1. The fourth-order valence-electron chi connectivity index (χ4n) is 4.07. The molecule has 0 saturated heterocycles. The Balaban J connectivity index is 2.07. The monoisotopic (exact) mass is 287 g/mol. The third-order valence-electron chi connectivity index (χ3n) is 6.17. The molecule has 1 saturated carbocycles. The maximum absolute atomic E-state index is 12.0. The van der Waals surface area contributed by atoms with Crippen LogP contribution < -0.4 is 11.4 Å². The minimum atomic E-state index is 0.00260. The molecule has 1 unspecified atom stereocenters. The molecule has 2 aromatic rings. The predicted octanol–water partition coefficient (Wildman–Crippen LogP) is 2.56. The Hall–Kier alpha value is -1.55. The van der Waals surface area contributed by atoms with E-state index in [-0.39, 0.29) is 22.6 Å². The normalized spacial score (nSPS) is 21.7. The van der Waals surface area contributed by atoms with Crippen LogP contribution in [-0.4, -0.2) is 9.13 Å². The highest BCUT2D eigenvalue weighted by atomic mass is 16.1. The summed E-state index contributed by atoms with van der Waals surface area (Å²) in [6, 6.07) is 6.16. The van der Waals surface area contributed by atoms with Gasteiger partial charge in [0.25, 0.3) is 0 Å². The molecule has 2 N–H and O–H groups in total. The van der Waals surface area contributed by atoms with Crippen molar-refractivity contribution in [2.24, 2.45) is 36.6 Å². The number of nitrogens with two attached hydrogens (primary N) is 1. The Morgan fingerprint density at radius 1 is 1.05 bits per heavy atom. The first kappa shape index (κ1) is 14.4. The predicted molar refractivity (Wildman–Crippen MR) is 86.1 cm³/mol. The van der Waals surface area contributed by atoms with E-state index >= 15 is 0 Å². The molecule has 1 heterocycles. The van der Waals surface area contributed by atoms with Gasteiger partial charge in [0.2, 0.25) is 0 Å². The van der Waals surface area contributed by atoms with Crippen LogP contribution in [0.25, 0.3) is 11.0 Å². The first-order valence-corrected chi connectivity index (χ1v) is 7.51. The Morgan fingerprint density at radius 3 is 2.10 bits per heavy atom.